The van der Waals surface area contributed by atoms with Crippen LogP contribution in [0.1, 0.15) is 24.8 Å². The lowest BCUT2D eigenvalue weighted by molar-refractivity contribution is -0.196. The molecule has 0 aromatic heterocycles. The highest BCUT2D eigenvalue weighted by atomic mass is 19.1. The van der Waals surface area contributed by atoms with E-state index in [9.17, 15) is 8.78 Å². The number of hydrogen-bond acceptors (Lipinski definition) is 6. The first kappa shape index (κ1) is 19.3. The third kappa shape index (κ3) is 3.30. The van der Waals surface area contributed by atoms with Crippen LogP contribution in [0, 0.1) is 17.6 Å². The van der Waals surface area contributed by atoms with Crippen LogP contribution in [-0.2, 0) is 15.3 Å². The zero-order valence-electron chi connectivity index (χ0n) is 16.6. The van der Waals surface area contributed by atoms with E-state index in [1.165, 1.54) is 17.2 Å². The summed E-state index contributed by atoms with van der Waals surface area (Å²) >= 11 is 0. The fraction of sp³-hybridized carbons (Fsp3) is 0.409. The Morgan fingerprint density at radius 3 is 2.60 bits per heavy atom. The minimum Gasteiger partial charge on any atom is -0.489 e. The maximum atomic E-state index is 13.8. The van der Waals surface area contributed by atoms with Crippen molar-refractivity contribution in [2.45, 2.75) is 31.1 Å². The third-order valence-corrected chi connectivity index (χ3v) is 5.98. The van der Waals surface area contributed by atoms with Crippen molar-refractivity contribution in [1.29, 1.82) is 0 Å². The van der Waals surface area contributed by atoms with Gasteiger partial charge in [-0.1, -0.05) is 6.07 Å². The Hall–Kier alpha value is -2.71. The zero-order valence-corrected chi connectivity index (χ0v) is 16.6. The topological polar surface area (TPSA) is 69.3 Å². The smallest absolute Gasteiger partial charge is 0.221 e. The Balaban J connectivity index is 1.58. The predicted molar refractivity (Wildman–Crippen MR) is 107 cm³/mol. The maximum Gasteiger partial charge on any atom is 0.221 e. The average Bonchev–Trinajstić information content (AvgIpc) is 3.01. The molecule has 0 amide bonds. The summed E-state index contributed by atoms with van der Waals surface area (Å²) in [4.78, 5) is 10.8. The molecule has 0 saturated carbocycles. The van der Waals surface area contributed by atoms with Crippen molar-refractivity contribution in [2.75, 3.05) is 20.3 Å². The number of benzene rings is 2. The highest BCUT2D eigenvalue weighted by Crippen LogP contribution is 2.48. The van der Waals surface area contributed by atoms with Crippen molar-refractivity contribution in [1.82, 2.24) is 5.06 Å². The lowest BCUT2D eigenvalue weighted by Crippen LogP contribution is -2.44. The zero-order chi connectivity index (χ0) is 20.9. The van der Waals surface area contributed by atoms with Gasteiger partial charge >= 0.3 is 0 Å². The molecular formula is C22H23F2N3O3. The molecule has 0 unspecified atom stereocenters. The molecule has 0 aliphatic carbocycles. The molecule has 158 valence electrons. The molecule has 3 aliphatic rings. The fourth-order valence-corrected chi connectivity index (χ4v) is 4.49. The summed E-state index contributed by atoms with van der Waals surface area (Å²) in [6.07, 6.45) is 2.32. The molecule has 2 N–H and O–H groups in total. The number of hydrogen-bond donors (Lipinski definition) is 1. The second-order valence-electron chi connectivity index (χ2n) is 8.05. The van der Waals surface area contributed by atoms with Crippen molar-refractivity contribution >= 4 is 5.96 Å². The number of fused-ring (bicyclic) bond motifs is 2. The molecule has 3 heterocycles. The van der Waals surface area contributed by atoms with Gasteiger partial charge in [0.2, 0.25) is 11.7 Å². The van der Waals surface area contributed by atoms with Crippen LogP contribution in [0.3, 0.4) is 0 Å². The molecule has 30 heavy (non-hydrogen) atoms. The summed E-state index contributed by atoms with van der Waals surface area (Å²) in [6.45, 7) is 1.40. The van der Waals surface area contributed by atoms with E-state index in [4.69, 9.17) is 20.0 Å². The van der Waals surface area contributed by atoms with E-state index < -0.39 is 17.4 Å². The van der Waals surface area contributed by atoms with Crippen LogP contribution in [0.5, 0.6) is 5.75 Å². The van der Waals surface area contributed by atoms with E-state index >= 15 is 0 Å². The summed E-state index contributed by atoms with van der Waals surface area (Å²) in [5.41, 5.74) is 6.75. The quantitative estimate of drug-likeness (QED) is 0.812. The van der Waals surface area contributed by atoms with E-state index in [0.29, 0.717) is 35.5 Å². The van der Waals surface area contributed by atoms with Gasteiger partial charge in [0, 0.05) is 32.1 Å². The summed E-state index contributed by atoms with van der Waals surface area (Å²) in [5.74, 6) is -0.144. The van der Waals surface area contributed by atoms with Crippen LogP contribution in [-0.4, -0.2) is 37.4 Å². The first-order valence-corrected chi connectivity index (χ1v) is 10.1. The lowest BCUT2D eigenvalue weighted by atomic mass is 9.84. The van der Waals surface area contributed by atoms with Crippen LogP contribution in [0.2, 0.25) is 0 Å². The van der Waals surface area contributed by atoms with Gasteiger partial charge in [-0.2, -0.15) is 0 Å². The molecule has 0 bridgehead atoms. The monoisotopic (exact) mass is 415 g/mol. The van der Waals surface area contributed by atoms with Crippen LogP contribution in [0.15, 0.2) is 41.4 Å². The minimum atomic E-state index is -1.05. The number of nitrogens with zero attached hydrogens (tertiary/aromatic N) is 2. The summed E-state index contributed by atoms with van der Waals surface area (Å²) in [6, 6.07) is 8.84. The molecule has 5 rings (SSSR count). The Bertz CT molecular complexity index is 989. The van der Waals surface area contributed by atoms with E-state index in [-0.39, 0.29) is 18.0 Å². The highest BCUT2D eigenvalue weighted by molar-refractivity contribution is 5.79. The summed E-state index contributed by atoms with van der Waals surface area (Å²) in [5, 5.41) is 1.44. The number of hydroxylamine groups is 2. The molecule has 1 fully saturated rings. The highest BCUT2D eigenvalue weighted by Gasteiger charge is 2.50. The third-order valence-electron chi connectivity index (χ3n) is 5.98. The second kappa shape index (κ2) is 7.21. The van der Waals surface area contributed by atoms with Crippen molar-refractivity contribution in [2.24, 2.45) is 16.6 Å². The lowest BCUT2D eigenvalue weighted by Gasteiger charge is -2.41. The first-order valence-electron chi connectivity index (χ1n) is 10.1. The van der Waals surface area contributed by atoms with Gasteiger partial charge in [-0.25, -0.2) is 23.7 Å². The van der Waals surface area contributed by atoms with Gasteiger partial charge in [-0.3, -0.25) is 0 Å². The van der Waals surface area contributed by atoms with Gasteiger partial charge in [-0.05, 0) is 48.2 Å². The molecule has 8 heteroatoms. The molecule has 1 saturated heterocycles. The van der Waals surface area contributed by atoms with Crippen LogP contribution < -0.4 is 10.5 Å². The number of halogens is 2. The number of ether oxygens (including phenoxy) is 2. The fourth-order valence-electron chi connectivity index (χ4n) is 4.49. The SMILES string of the molecule is CN1O[C@@]2(C[C@@H]([C@H]3CCCOC3)Oc3ccc(-c4cc(F)cc(F)c4)cc32)N=C1N. The number of aliphatic imine (C=N–C) groups is 1. The summed E-state index contributed by atoms with van der Waals surface area (Å²) < 4.78 is 39.5. The van der Waals surface area contributed by atoms with E-state index in [1.54, 1.807) is 19.2 Å². The van der Waals surface area contributed by atoms with Gasteiger partial charge in [-0.15, -0.1) is 0 Å². The van der Waals surface area contributed by atoms with Crippen molar-refractivity contribution in [3.05, 3.63) is 53.6 Å². The average molecular weight is 415 g/mol. The van der Waals surface area contributed by atoms with Gasteiger partial charge in [0.1, 0.15) is 23.5 Å². The van der Waals surface area contributed by atoms with Crippen LogP contribution in [0.4, 0.5) is 8.78 Å². The number of nitrogens with two attached hydrogens (primary N) is 1. The van der Waals surface area contributed by atoms with Crippen molar-refractivity contribution < 1.29 is 23.1 Å². The van der Waals surface area contributed by atoms with Gasteiger partial charge in [0.05, 0.1) is 12.2 Å². The molecule has 2 aromatic carbocycles. The molecular weight excluding hydrogens is 392 g/mol. The Morgan fingerprint density at radius 1 is 1.13 bits per heavy atom. The van der Waals surface area contributed by atoms with Crippen molar-refractivity contribution in [3.8, 4) is 16.9 Å². The van der Waals surface area contributed by atoms with E-state index in [2.05, 4.69) is 4.99 Å². The predicted octanol–water partition coefficient (Wildman–Crippen LogP) is 3.55. The van der Waals surface area contributed by atoms with Gasteiger partial charge in [0.15, 0.2) is 0 Å². The van der Waals surface area contributed by atoms with Gasteiger partial charge in [0.25, 0.3) is 0 Å². The minimum absolute atomic E-state index is 0.140. The largest absolute Gasteiger partial charge is 0.489 e. The van der Waals surface area contributed by atoms with E-state index in [1.807, 2.05) is 6.07 Å². The van der Waals surface area contributed by atoms with Crippen molar-refractivity contribution in [3.63, 3.8) is 0 Å². The molecule has 3 aliphatic heterocycles. The molecule has 3 atom stereocenters. The van der Waals surface area contributed by atoms with Crippen LogP contribution >= 0.6 is 0 Å². The standard InChI is InChI=1S/C22H23F2N3O3/c1-27-21(25)26-22(30-27)11-20(14-3-2-6-28-12-14)29-19-5-4-13(9-18(19)22)15-7-16(23)10-17(24)8-15/h4-5,7-10,14,20H,2-3,6,11-12H2,1H3,(H2,25,26)/t14-,20-,22+/m0/s1. The second-order valence-corrected chi connectivity index (χ2v) is 8.05. The number of guanidine groups is 1. The Kier molecular flexibility index (Phi) is 4.63. The molecule has 0 radical (unpaired) electrons. The molecule has 6 nitrogen and oxygen atoms in total. The Labute approximate surface area is 173 Å². The maximum absolute atomic E-state index is 13.8. The Morgan fingerprint density at radius 2 is 1.93 bits per heavy atom. The van der Waals surface area contributed by atoms with Gasteiger partial charge < -0.3 is 15.2 Å². The van der Waals surface area contributed by atoms with E-state index in [0.717, 1.165) is 25.5 Å². The first-order chi connectivity index (χ1) is 14.4. The van der Waals surface area contributed by atoms with Crippen LogP contribution in [0.25, 0.3) is 11.1 Å². The summed E-state index contributed by atoms with van der Waals surface area (Å²) in [7, 11) is 1.70. The molecule has 1 spiro atoms. The molecule has 2 aromatic rings. The normalized spacial score (nSPS) is 28.2. The number of rotatable bonds is 2.